The molecule has 2 atom stereocenters. The fraction of sp³-hybridized carbons (Fsp3) is 1.00. The molecule has 0 aromatic rings. The molecule has 110 valence electrons. The second-order valence-electron chi connectivity index (χ2n) is 6.77. The van der Waals surface area contributed by atoms with Crippen molar-refractivity contribution >= 4 is 0 Å². The summed E-state index contributed by atoms with van der Waals surface area (Å²) < 4.78 is 38.8. The van der Waals surface area contributed by atoms with Gasteiger partial charge < -0.3 is 0 Å². The van der Waals surface area contributed by atoms with E-state index in [1.165, 1.54) is 4.90 Å². The molecule has 0 aromatic heterocycles. The van der Waals surface area contributed by atoms with E-state index in [2.05, 4.69) is 27.7 Å². The molecule has 0 spiro atoms. The number of rotatable bonds is 5. The van der Waals surface area contributed by atoms with Gasteiger partial charge in [0.05, 0.1) is 0 Å². The Morgan fingerprint density at radius 1 is 1.00 bits per heavy atom. The third-order valence-corrected chi connectivity index (χ3v) is 3.83. The summed E-state index contributed by atoms with van der Waals surface area (Å²) in [6, 6.07) is -1.34. The fourth-order valence-corrected chi connectivity index (χ4v) is 2.11. The van der Waals surface area contributed by atoms with E-state index in [1.54, 1.807) is 20.9 Å². The van der Waals surface area contributed by atoms with Crippen LogP contribution in [0.25, 0.3) is 0 Å². The monoisotopic (exact) mass is 267 g/mol. The molecule has 0 heterocycles. The summed E-state index contributed by atoms with van der Waals surface area (Å²) in [6.45, 7) is 12.2. The van der Waals surface area contributed by atoms with E-state index in [0.29, 0.717) is 12.5 Å². The molecule has 0 aliphatic heterocycles. The molecule has 0 saturated carbocycles. The van der Waals surface area contributed by atoms with Gasteiger partial charge in [-0.25, -0.2) is 0 Å². The molecule has 1 nitrogen and oxygen atoms in total. The summed E-state index contributed by atoms with van der Waals surface area (Å²) in [6.07, 6.45) is -3.35. The lowest BCUT2D eigenvalue weighted by Crippen LogP contribution is -2.47. The van der Waals surface area contributed by atoms with Gasteiger partial charge in [0.25, 0.3) is 0 Å². The van der Waals surface area contributed by atoms with Crippen LogP contribution in [0.3, 0.4) is 0 Å². The summed E-state index contributed by atoms with van der Waals surface area (Å²) in [4.78, 5) is 1.45. The molecule has 0 amide bonds. The highest BCUT2D eigenvalue weighted by Crippen LogP contribution is 2.32. The second-order valence-corrected chi connectivity index (χ2v) is 6.77. The molecule has 0 rings (SSSR count). The first-order valence-corrected chi connectivity index (χ1v) is 6.64. The SMILES string of the molecule is CC(C)[C@H](N(C)CC[C@H](C)C(C)(C)C)C(F)(F)F. The Kier molecular flexibility index (Phi) is 6.18. The summed E-state index contributed by atoms with van der Waals surface area (Å²) in [7, 11) is 1.58. The van der Waals surface area contributed by atoms with Crippen LogP contribution in [0.4, 0.5) is 13.2 Å². The highest BCUT2D eigenvalue weighted by atomic mass is 19.4. The second kappa shape index (κ2) is 6.27. The Morgan fingerprint density at radius 2 is 1.44 bits per heavy atom. The number of alkyl halides is 3. The molecular formula is C14H28F3N. The van der Waals surface area contributed by atoms with Gasteiger partial charge >= 0.3 is 6.18 Å². The van der Waals surface area contributed by atoms with Crippen LogP contribution in [0.2, 0.25) is 0 Å². The minimum Gasteiger partial charge on any atom is -0.295 e. The largest absolute Gasteiger partial charge is 0.404 e. The lowest BCUT2D eigenvalue weighted by molar-refractivity contribution is -0.191. The molecule has 0 bridgehead atoms. The normalized spacial score (nSPS) is 17.3. The quantitative estimate of drug-likeness (QED) is 0.705. The molecule has 0 aliphatic carbocycles. The third kappa shape index (κ3) is 5.59. The maximum absolute atomic E-state index is 12.9. The van der Waals surface area contributed by atoms with Crippen molar-refractivity contribution in [2.24, 2.45) is 17.3 Å². The predicted molar refractivity (Wildman–Crippen MR) is 70.5 cm³/mol. The minimum atomic E-state index is -4.14. The van der Waals surface area contributed by atoms with Crippen molar-refractivity contribution in [3.8, 4) is 0 Å². The predicted octanol–water partition coefficient (Wildman–Crippen LogP) is 4.58. The van der Waals surface area contributed by atoms with Crippen LogP contribution in [0, 0.1) is 17.3 Å². The molecule has 0 unspecified atom stereocenters. The Morgan fingerprint density at radius 3 is 1.72 bits per heavy atom. The smallest absolute Gasteiger partial charge is 0.295 e. The van der Waals surface area contributed by atoms with Crippen molar-refractivity contribution in [1.29, 1.82) is 0 Å². The molecule has 0 fully saturated rings. The molecule has 0 aromatic carbocycles. The van der Waals surface area contributed by atoms with Crippen LogP contribution in [-0.2, 0) is 0 Å². The zero-order chi connectivity index (χ0) is 14.7. The Bertz CT molecular complexity index is 240. The van der Waals surface area contributed by atoms with Crippen LogP contribution in [0.5, 0.6) is 0 Å². The van der Waals surface area contributed by atoms with Crippen molar-refractivity contribution in [3.05, 3.63) is 0 Å². The van der Waals surface area contributed by atoms with Gasteiger partial charge in [-0.05, 0) is 37.3 Å². The van der Waals surface area contributed by atoms with Gasteiger partial charge in [-0.1, -0.05) is 41.5 Å². The minimum absolute atomic E-state index is 0.145. The zero-order valence-corrected chi connectivity index (χ0v) is 12.7. The lowest BCUT2D eigenvalue weighted by Gasteiger charge is -2.35. The van der Waals surface area contributed by atoms with E-state index in [9.17, 15) is 13.2 Å². The van der Waals surface area contributed by atoms with E-state index in [0.717, 1.165) is 6.42 Å². The van der Waals surface area contributed by atoms with Gasteiger partial charge in [0, 0.05) is 0 Å². The van der Waals surface area contributed by atoms with Gasteiger partial charge in [0.1, 0.15) is 6.04 Å². The summed E-state index contributed by atoms with van der Waals surface area (Å²) in [5.74, 6) is -0.0130. The number of hydrogen-bond acceptors (Lipinski definition) is 1. The van der Waals surface area contributed by atoms with Gasteiger partial charge in [0.15, 0.2) is 0 Å². The van der Waals surface area contributed by atoms with E-state index in [1.807, 2.05) is 0 Å². The number of halogens is 3. The molecule has 0 aliphatic rings. The number of nitrogens with zero attached hydrogens (tertiary/aromatic N) is 1. The first-order chi connectivity index (χ1) is 7.87. The van der Waals surface area contributed by atoms with Crippen molar-refractivity contribution in [2.45, 2.75) is 60.2 Å². The zero-order valence-electron chi connectivity index (χ0n) is 12.7. The standard InChI is InChI=1S/C14H28F3N/c1-10(2)12(14(15,16)17)18(7)9-8-11(3)13(4,5)6/h10-12H,8-9H2,1-7H3/t11-,12-/m0/s1. The van der Waals surface area contributed by atoms with Crippen molar-refractivity contribution in [2.75, 3.05) is 13.6 Å². The maximum atomic E-state index is 12.9. The average molecular weight is 267 g/mol. The van der Waals surface area contributed by atoms with Crippen LogP contribution < -0.4 is 0 Å². The van der Waals surface area contributed by atoms with Crippen LogP contribution in [0.1, 0.15) is 48.0 Å². The number of hydrogen-bond donors (Lipinski definition) is 0. The van der Waals surface area contributed by atoms with Crippen molar-refractivity contribution in [3.63, 3.8) is 0 Å². The van der Waals surface area contributed by atoms with Crippen LogP contribution in [-0.4, -0.2) is 30.7 Å². The van der Waals surface area contributed by atoms with Crippen LogP contribution >= 0.6 is 0 Å². The van der Waals surface area contributed by atoms with E-state index >= 15 is 0 Å². The highest BCUT2D eigenvalue weighted by Gasteiger charge is 2.44. The summed E-state index contributed by atoms with van der Waals surface area (Å²) >= 11 is 0. The van der Waals surface area contributed by atoms with Gasteiger partial charge in [-0.3, -0.25) is 4.90 Å². The third-order valence-electron chi connectivity index (χ3n) is 3.83. The Labute approximate surface area is 110 Å². The molecule has 0 N–H and O–H groups in total. The van der Waals surface area contributed by atoms with E-state index in [-0.39, 0.29) is 5.41 Å². The van der Waals surface area contributed by atoms with Gasteiger partial charge in [-0.15, -0.1) is 0 Å². The topological polar surface area (TPSA) is 3.24 Å². The highest BCUT2D eigenvalue weighted by molar-refractivity contribution is 4.81. The Balaban J connectivity index is 4.51. The first kappa shape index (κ1) is 17.8. The first-order valence-electron chi connectivity index (χ1n) is 6.64. The van der Waals surface area contributed by atoms with Gasteiger partial charge in [-0.2, -0.15) is 13.2 Å². The summed E-state index contributed by atoms with van der Waals surface area (Å²) in [5.41, 5.74) is 0.145. The summed E-state index contributed by atoms with van der Waals surface area (Å²) in [5, 5.41) is 0. The van der Waals surface area contributed by atoms with Crippen molar-refractivity contribution in [1.82, 2.24) is 4.90 Å². The Hall–Kier alpha value is -0.250. The average Bonchev–Trinajstić information content (AvgIpc) is 2.09. The molecule has 4 heteroatoms. The maximum Gasteiger partial charge on any atom is 0.404 e. The van der Waals surface area contributed by atoms with E-state index < -0.39 is 18.1 Å². The van der Waals surface area contributed by atoms with Gasteiger partial charge in [0.2, 0.25) is 0 Å². The molecule has 0 radical (unpaired) electrons. The van der Waals surface area contributed by atoms with E-state index in [4.69, 9.17) is 0 Å². The molecular weight excluding hydrogens is 239 g/mol. The lowest BCUT2D eigenvalue weighted by atomic mass is 9.80. The molecule has 0 saturated heterocycles. The van der Waals surface area contributed by atoms with Crippen LogP contribution in [0.15, 0.2) is 0 Å². The molecule has 18 heavy (non-hydrogen) atoms. The van der Waals surface area contributed by atoms with Crippen molar-refractivity contribution < 1.29 is 13.2 Å². The fourth-order valence-electron chi connectivity index (χ4n) is 2.11.